The maximum atomic E-state index is 14.1. The van der Waals surface area contributed by atoms with E-state index >= 15 is 0 Å². The lowest BCUT2D eigenvalue weighted by atomic mass is 10.1. The first-order valence-electron chi connectivity index (χ1n) is 6.26. The maximum Gasteiger partial charge on any atom is 0.270 e. The van der Waals surface area contributed by atoms with Crippen LogP contribution in [0, 0.1) is 22.9 Å². The van der Waals surface area contributed by atoms with Crippen molar-refractivity contribution in [3.05, 3.63) is 51.8 Å². The molecule has 0 unspecified atom stereocenters. The number of nitro groups is 1. The minimum atomic E-state index is -0.753. The highest BCUT2D eigenvalue weighted by atomic mass is 19.1. The zero-order valence-corrected chi connectivity index (χ0v) is 12.0. The third kappa shape index (κ3) is 4.09. The Morgan fingerprint density at radius 3 is 2.76 bits per heavy atom. The molecule has 0 atom stereocenters. The highest BCUT2D eigenvalue weighted by molar-refractivity contribution is 5.95. The van der Waals surface area contributed by atoms with Gasteiger partial charge in [0.25, 0.3) is 11.6 Å². The van der Waals surface area contributed by atoms with Gasteiger partial charge >= 0.3 is 0 Å². The molecule has 0 N–H and O–H groups in total. The number of benzene rings is 1. The number of hydrogen-bond donors (Lipinski definition) is 0. The number of carbonyl (C=O) groups excluding carboxylic acids is 1. The van der Waals surface area contributed by atoms with Crippen molar-refractivity contribution >= 4 is 11.6 Å². The van der Waals surface area contributed by atoms with Crippen LogP contribution in [-0.4, -0.2) is 42.5 Å². The van der Waals surface area contributed by atoms with Crippen molar-refractivity contribution in [1.29, 1.82) is 0 Å². The summed E-state index contributed by atoms with van der Waals surface area (Å²) in [5.41, 5.74) is -0.583. The molecule has 0 aliphatic heterocycles. The Labute approximate surface area is 122 Å². The summed E-state index contributed by atoms with van der Waals surface area (Å²) in [6, 6.07) is 2.05. The Morgan fingerprint density at radius 1 is 1.57 bits per heavy atom. The molecule has 0 aliphatic rings. The Hall–Kier alpha value is -2.28. The number of nitro benzene ring substituents is 1. The predicted octanol–water partition coefficient (Wildman–Crippen LogP) is 2.32. The molecule has 1 aromatic rings. The number of nitrogens with zero attached hydrogens (tertiary/aromatic N) is 2. The van der Waals surface area contributed by atoms with Crippen LogP contribution in [0.2, 0.25) is 0 Å². The van der Waals surface area contributed by atoms with Crippen molar-refractivity contribution in [3.63, 3.8) is 0 Å². The lowest BCUT2D eigenvalue weighted by Crippen LogP contribution is -2.34. The zero-order chi connectivity index (χ0) is 16.0. The first-order chi connectivity index (χ1) is 9.92. The van der Waals surface area contributed by atoms with Crippen molar-refractivity contribution < 1.29 is 18.8 Å². The van der Waals surface area contributed by atoms with E-state index < -0.39 is 16.6 Å². The molecule has 6 nitrogen and oxygen atoms in total. The molecule has 1 rings (SSSR count). The number of ether oxygens (including phenoxy) is 1. The molecule has 0 bridgehead atoms. The number of aryl methyl sites for hydroxylation is 1. The van der Waals surface area contributed by atoms with E-state index in [1.165, 1.54) is 25.0 Å². The van der Waals surface area contributed by atoms with E-state index in [1.807, 2.05) is 0 Å². The molecule has 7 heteroatoms. The van der Waals surface area contributed by atoms with Crippen LogP contribution >= 0.6 is 0 Å². The molecule has 0 radical (unpaired) electrons. The summed E-state index contributed by atoms with van der Waals surface area (Å²) < 4.78 is 19.0. The summed E-state index contributed by atoms with van der Waals surface area (Å²) in [7, 11) is 1.48. The number of methoxy groups -OCH3 is 1. The lowest BCUT2D eigenvalue weighted by Gasteiger charge is -2.21. The summed E-state index contributed by atoms with van der Waals surface area (Å²) in [5.74, 6) is -1.38. The molecule has 0 heterocycles. The van der Waals surface area contributed by atoms with E-state index in [9.17, 15) is 19.3 Å². The maximum absolute atomic E-state index is 14.1. The summed E-state index contributed by atoms with van der Waals surface area (Å²) in [6.45, 7) is 5.62. The molecule has 21 heavy (non-hydrogen) atoms. The molecular formula is C14H17FN2O4. The predicted molar refractivity (Wildman–Crippen MR) is 75.8 cm³/mol. The topological polar surface area (TPSA) is 72.7 Å². The fourth-order valence-corrected chi connectivity index (χ4v) is 1.81. The average Bonchev–Trinajstić information content (AvgIpc) is 2.45. The molecule has 0 aromatic heterocycles. The van der Waals surface area contributed by atoms with E-state index in [0.717, 1.165) is 12.1 Å². The Bertz CT molecular complexity index is 560. The molecule has 0 aliphatic carbocycles. The first-order valence-corrected chi connectivity index (χ1v) is 6.26. The number of carbonyl (C=O) groups is 1. The molecule has 114 valence electrons. The van der Waals surface area contributed by atoms with Gasteiger partial charge in [-0.05, 0) is 12.5 Å². The summed E-state index contributed by atoms with van der Waals surface area (Å²) in [6.07, 6.45) is 1.50. The van der Waals surface area contributed by atoms with E-state index in [0.29, 0.717) is 0 Å². The van der Waals surface area contributed by atoms with Crippen LogP contribution in [-0.2, 0) is 4.74 Å². The van der Waals surface area contributed by atoms with Crippen LogP contribution in [0.25, 0.3) is 0 Å². The van der Waals surface area contributed by atoms with Crippen LogP contribution in [0.5, 0.6) is 0 Å². The Kier molecular flexibility index (Phi) is 5.98. The standard InChI is InChI=1S/C14H17FN2O4/c1-4-5-16(6-7-21-3)14(18)12-9-11(17(19)20)8-10(2)13(12)15/h4,8-9H,1,5-7H2,2-3H3. The van der Waals surface area contributed by atoms with E-state index in [1.54, 1.807) is 0 Å². The highest BCUT2D eigenvalue weighted by Gasteiger charge is 2.23. The van der Waals surface area contributed by atoms with Crippen molar-refractivity contribution in [2.24, 2.45) is 0 Å². The summed E-state index contributed by atoms with van der Waals surface area (Å²) in [5, 5.41) is 10.8. The van der Waals surface area contributed by atoms with Gasteiger partial charge in [0.1, 0.15) is 5.82 Å². The number of hydrogen-bond acceptors (Lipinski definition) is 4. The summed E-state index contributed by atoms with van der Waals surface area (Å²) >= 11 is 0. The summed E-state index contributed by atoms with van der Waals surface area (Å²) in [4.78, 5) is 23.8. The lowest BCUT2D eigenvalue weighted by molar-refractivity contribution is -0.385. The fourth-order valence-electron chi connectivity index (χ4n) is 1.81. The largest absolute Gasteiger partial charge is 0.383 e. The Balaban J connectivity index is 3.19. The van der Waals surface area contributed by atoms with Gasteiger partial charge in [-0.1, -0.05) is 6.08 Å². The normalized spacial score (nSPS) is 10.2. The van der Waals surface area contributed by atoms with Crippen LogP contribution in [0.3, 0.4) is 0 Å². The fraction of sp³-hybridized carbons (Fsp3) is 0.357. The van der Waals surface area contributed by atoms with Crippen molar-refractivity contribution in [3.8, 4) is 0 Å². The van der Waals surface area contributed by atoms with Gasteiger partial charge in [0.05, 0.1) is 17.1 Å². The SMILES string of the molecule is C=CCN(CCOC)C(=O)c1cc([N+](=O)[O-])cc(C)c1F. The van der Waals surface area contributed by atoms with Crippen molar-refractivity contribution in [2.45, 2.75) is 6.92 Å². The molecule has 0 fully saturated rings. The first kappa shape index (κ1) is 16.8. The smallest absolute Gasteiger partial charge is 0.270 e. The third-order valence-electron chi connectivity index (χ3n) is 2.88. The molecule has 0 spiro atoms. The second kappa shape index (κ2) is 7.49. The van der Waals surface area contributed by atoms with Gasteiger partial charge in [-0.25, -0.2) is 4.39 Å². The zero-order valence-electron chi connectivity index (χ0n) is 12.0. The van der Waals surface area contributed by atoms with Crippen LogP contribution in [0.4, 0.5) is 10.1 Å². The molecule has 1 aromatic carbocycles. The average molecular weight is 296 g/mol. The number of non-ortho nitro benzene ring substituents is 1. The quantitative estimate of drug-likeness (QED) is 0.440. The number of halogens is 1. The van der Waals surface area contributed by atoms with Gasteiger partial charge in [0.2, 0.25) is 0 Å². The van der Waals surface area contributed by atoms with Crippen molar-refractivity contribution in [1.82, 2.24) is 4.90 Å². The molecule has 1 amide bonds. The second-order valence-electron chi connectivity index (χ2n) is 4.41. The van der Waals surface area contributed by atoms with E-state index in [-0.39, 0.29) is 36.5 Å². The van der Waals surface area contributed by atoms with Gasteiger partial charge in [-0.15, -0.1) is 6.58 Å². The molecule has 0 saturated carbocycles. The monoisotopic (exact) mass is 296 g/mol. The van der Waals surface area contributed by atoms with Crippen molar-refractivity contribution in [2.75, 3.05) is 26.8 Å². The van der Waals surface area contributed by atoms with Crippen LogP contribution in [0.15, 0.2) is 24.8 Å². The van der Waals surface area contributed by atoms with Gasteiger partial charge in [-0.3, -0.25) is 14.9 Å². The number of rotatable bonds is 7. The van der Waals surface area contributed by atoms with E-state index in [2.05, 4.69) is 6.58 Å². The number of amides is 1. The van der Waals surface area contributed by atoms with Gasteiger partial charge in [0.15, 0.2) is 0 Å². The van der Waals surface area contributed by atoms with Gasteiger partial charge in [-0.2, -0.15) is 0 Å². The molecular weight excluding hydrogens is 279 g/mol. The Morgan fingerprint density at radius 2 is 2.24 bits per heavy atom. The van der Waals surface area contributed by atoms with Gasteiger partial charge < -0.3 is 9.64 Å². The minimum absolute atomic E-state index is 0.0536. The van der Waals surface area contributed by atoms with E-state index in [4.69, 9.17) is 4.74 Å². The van der Waals surface area contributed by atoms with Crippen LogP contribution in [0.1, 0.15) is 15.9 Å². The second-order valence-corrected chi connectivity index (χ2v) is 4.41. The van der Waals surface area contributed by atoms with Gasteiger partial charge in [0, 0.05) is 32.3 Å². The molecule has 0 saturated heterocycles. The van der Waals surface area contributed by atoms with Crippen LogP contribution < -0.4 is 0 Å². The highest BCUT2D eigenvalue weighted by Crippen LogP contribution is 2.22. The minimum Gasteiger partial charge on any atom is -0.383 e. The third-order valence-corrected chi connectivity index (χ3v) is 2.88.